The fourth-order valence-corrected chi connectivity index (χ4v) is 3.78. The molecule has 150 valence electrons. The lowest BCUT2D eigenvalue weighted by atomic mass is 10.1. The molecule has 4 rings (SSSR count). The van der Waals surface area contributed by atoms with Crippen LogP contribution in [0.25, 0.3) is 11.0 Å². The molecule has 0 aliphatic carbocycles. The van der Waals surface area contributed by atoms with Gasteiger partial charge in [-0.15, -0.1) is 0 Å². The predicted octanol–water partition coefficient (Wildman–Crippen LogP) is 4.71. The van der Waals surface area contributed by atoms with Crippen LogP contribution in [0.2, 0.25) is 0 Å². The molecule has 4 aromatic rings. The summed E-state index contributed by atoms with van der Waals surface area (Å²) in [4.78, 5) is 20.2. The third-order valence-electron chi connectivity index (χ3n) is 4.58. The Labute approximate surface area is 178 Å². The molecule has 0 radical (unpaired) electrons. The summed E-state index contributed by atoms with van der Waals surface area (Å²) in [5.41, 5.74) is 7.22. The molecular weight excluding hydrogens is 396 g/mol. The average molecular weight is 417 g/mol. The second kappa shape index (κ2) is 8.84. The second-order valence-corrected chi connectivity index (χ2v) is 7.66. The van der Waals surface area contributed by atoms with Gasteiger partial charge in [-0.05, 0) is 48.9 Å². The minimum absolute atomic E-state index is 0.124. The fourth-order valence-electron chi connectivity index (χ4n) is 2.94. The van der Waals surface area contributed by atoms with Gasteiger partial charge in [0, 0.05) is 16.9 Å². The Morgan fingerprint density at radius 3 is 2.57 bits per heavy atom. The first kappa shape index (κ1) is 19.7. The molecule has 0 aliphatic heterocycles. The molecular formula is C23H20N4O2S. The first-order valence-corrected chi connectivity index (χ1v) is 10.4. The number of carbonyl (C=O) groups is 1. The summed E-state index contributed by atoms with van der Waals surface area (Å²) in [5, 5.41) is 14.8. The molecule has 0 bridgehead atoms. The molecule has 0 spiro atoms. The number of rotatable bonds is 6. The molecule has 1 heterocycles. The molecule has 0 saturated carbocycles. The molecule has 30 heavy (non-hydrogen) atoms. The van der Waals surface area contributed by atoms with Crippen LogP contribution in [0.5, 0.6) is 5.75 Å². The van der Waals surface area contributed by atoms with E-state index in [4.69, 9.17) is 0 Å². The summed E-state index contributed by atoms with van der Waals surface area (Å²) in [5.74, 6) is 0.562. The Hall–Kier alpha value is -3.58. The van der Waals surface area contributed by atoms with Gasteiger partial charge in [0.05, 0.1) is 16.7 Å². The maximum absolute atomic E-state index is 12.4. The van der Waals surface area contributed by atoms with Crippen molar-refractivity contribution in [3.63, 3.8) is 0 Å². The zero-order valence-electron chi connectivity index (χ0n) is 16.3. The van der Waals surface area contributed by atoms with Crippen LogP contribution < -0.4 is 5.43 Å². The summed E-state index contributed by atoms with van der Waals surface area (Å²) >= 11 is 1.61. The molecule has 1 aromatic heterocycles. The van der Waals surface area contributed by atoms with E-state index in [0.717, 1.165) is 27.5 Å². The number of hydrogen-bond donors (Lipinski definition) is 3. The number of benzene rings is 3. The largest absolute Gasteiger partial charge is 0.507 e. The number of imidazole rings is 1. The molecule has 0 unspecified atom stereocenters. The fraction of sp³-hybridized carbons (Fsp3) is 0.0870. The van der Waals surface area contributed by atoms with Crippen LogP contribution in [0, 0.1) is 0 Å². The van der Waals surface area contributed by atoms with Crippen LogP contribution in [0.3, 0.4) is 0 Å². The molecule has 0 fully saturated rings. The number of aromatic amines is 1. The van der Waals surface area contributed by atoms with E-state index in [1.165, 1.54) is 0 Å². The molecule has 0 aliphatic rings. The average Bonchev–Trinajstić information content (AvgIpc) is 3.19. The Morgan fingerprint density at radius 2 is 1.80 bits per heavy atom. The highest BCUT2D eigenvalue weighted by Gasteiger charge is 2.08. The highest BCUT2D eigenvalue weighted by Crippen LogP contribution is 2.23. The number of aromatic nitrogens is 2. The van der Waals surface area contributed by atoms with Crippen molar-refractivity contribution in [2.75, 3.05) is 0 Å². The van der Waals surface area contributed by atoms with Gasteiger partial charge in [0.25, 0.3) is 5.91 Å². The van der Waals surface area contributed by atoms with Crippen molar-refractivity contribution in [2.24, 2.45) is 5.10 Å². The maximum Gasteiger partial charge on any atom is 0.271 e. The van der Waals surface area contributed by atoms with E-state index in [1.807, 2.05) is 36.4 Å². The quantitative estimate of drug-likeness (QED) is 0.241. The van der Waals surface area contributed by atoms with E-state index in [1.54, 1.807) is 55.1 Å². The standard InChI is InChI=1S/C23H20N4O2S/c1-15(18-6-2-5-9-21(18)28)26-27-22(29)17-12-10-16(11-13-17)14-30-23-24-19-7-3-4-8-20(19)25-23/h2-13,28H,14H2,1H3,(H,24,25)(H,27,29)/b26-15+. The Balaban J connectivity index is 1.36. The minimum atomic E-state index is -0.304. The summed E-state index contributed by atoms with van der Waals surface area (Å²) in [7, 11) is 0. The van der Waals surface area contributed by atoms with Gasteiger partial charge in [0.2, 0.25) is 0 Å². The van der Waals surface area contributed by atoms with Crippen LogP contribution in [-0.4, -0.2) is 26.7 Å². The number of aromatic hydroxyl groups is 1. The highest BCUT2D eigenvalue weighted by atomic mass is 32.2. The van der Waals surface area contributed by atoms with Gasteiger partial charge in [-0.25, -0.2) is 10.4 Å². The number of amides is 1. The number of nitrogens with one attached hydrogen (secondary N) is 2. The number of nitrogens with zero attached hydrogens (tertiary/aromatic N) is 2. The molecule has 6 nitrogen and oxygen atoms in total. The summed E-state index contributed by atoms with van der Waals surface area (Å²) < 4.78 is 0. The molecule has 1 amide bonds. The van der Waals surface area contributed by atoms with Crippen molar-refractivity contribution in [1.82, 2.24) is 15.4 Å². The molecule has 0 saturated heterocycles. The highest BCUT2D eigenvalue weighted by molar-refractivity contribution is 7.98. The number of hydrazone groups is 1. The molecule has 3 aromatic carbocycles. The number of H-pyrrole nitrogens is 1. The van der Waals surface area contributed by atoms with Crippen LogP contribution in [0.4, 0.5) is 0 Å². The van der Waals surface area contributed by atoms with Crippen LogP contribution in [-0.2, 0) is 5.75 Å². The van der Waals surface area contributed by atoms with E-state index >= 15 is 0 Å². The number of hydrogen-bond acceptors (Lipinski definition) is 5. The number of para-hydroxylation sites is 3. The molecule has 3 N–H and O–H groups in total. The maximum atomic E-state index is 12.4. The Bertz CT molecular complexity index is 1180. The first-order valence-electron chi connectivity index (χ1n) is 9.39. The Morgan fingerprint density at radius 1 is 1.07 bits per heavy atom. The van der Waals surface area contributed by atoms with E-state index in [2.05, 4.69) is 20.5 Å². The number of carbonyl (C=O) groups excluding carboxylic acids is 1. The number of fused-ring (bicyclic) bond motifs is 1. The zero-order valence-corrected chi connectivity index (χ0v) is 17.1. The third kappa shape index (κ3) is 4.52. The number of phenols is 1. The monoisotopic (exact) mass is 416 g/mol. The zero-order chi connectivity index (χ0) is 20.9. The van der Waals surface area contributed by atoms with Crippen LogP contribution in [0.15, 0.2) is 83.1 Å². The van der Waals surface area contributed by atoms with E-state index < -0.39 is 0 Å². The molecule has 7 heteroatoms. The van der Waals surface area contributed by atoms with Gasteiger partial charge >= 0.3 is 0 Å². The van der Waals surface area contributed by atoms with Crippen molar-refractivity contribution in [2.45, 2.75) is 17.8 Å². The van der Waals surface area contributed by atoms with Crippen molar-refractivity contribution < 1.29 is 9.90 Å². The van der Waals surface area contributed by atoms with Crippen molar-refractivity contribution in [3.8, 4) is 5.75 Å². The van der Waals surface area contributed by atoms with E-state index in [0.29, 0.717) is 16.8 Å². The van der Waals surface area contributed by atoms with Gasteiger partial charge in [0.1, 0.15) is 5.75 Å². The topological polar surface area (TPSA) is 90.4 Å². The summed E-state index contributed by atoms with van der Waals surface area (Å²) in [6.07, 6.45) is 0. The summed E-state index contributed by atoms with van der Waals surface area (Å²) in [6.45, 7) is 1.73. The predicted molar refractivity (Wildman–Crippen MR) is 120 cm³/mol. The van der Waals surface area contributed by atoms with E-state index in [9.17, 15) is 9.90 Å². The van der Waals surface area contributed by atoms with Gasteiger partial charge in [-0.2, -0.15) is 5.10 Å². The van der Waals surface area contributed by atoms with Crippen LogP contribution in [0.1, 0.15) is 28.4 Å². The smallest absolute Gasteiger partial charge is 0.271 e. The second-order valence-electron chi connectivity index (χ2n) is 6.70. The lowest BCUT2D eigenvalue weighted by molar-refractivity contribution is 0.0955. The normalized spacial score (nSPS) is 11.6. The SMILES string of the molecule is C/C(=N\NC(=O)c1ccc(CSc2nc3ccccc3[nH]2)cc1)c1ccccc1O. The lowest BCUT2D eigenvalue weighted by Gasteiger charge is -2.05. The van der Waals surface area contributed by atoms with Gasteiger partial charge in [0.15, 0.2) is 5.16 Å². The first-order chi connectivity index (χ1) is 14.6. The van der Waals surface area contributed by atoms with Crippen molar-refractivity contribution in [1.29, 1.82) is 0 Å². The minimum Gasteiger partial charge on any atom is -0.507 e. The third-order valence-corrected chi connectivity index (χ3v) is 5.52. The van der Waals surface area contributed by atoms with Crippen LogP contribution >= 0.6 is 11.8 Å². The van der Waals surface area contributed by atoms with Crippen molar-refractivity contribution in [3.05, 3.63) is 89.5 Å². The Kier molecular flexibility index (Phi) is 5.81. The van der Waals surface area contributed by atoms with Gasteiger partial charge in [-0.3, -0.25) is 4.79 Å². The lowest BCUT2D eigenvalue weighted by Crippen LogP contribution is -2.19. The van der Waals surface area contributed by atoms with Gasteiger partial charge < -0.3 is 10.1 Å². The van der Waals surface area contributed by atoms with Gasteiger partial charge in [-0.1, -0.05) is 48.2 Å². The summed E-state index contributed by atoms with van der Waals surface area (Å²) in [6, 6.07) is 22.2. The van der Waals surface area contributed by atoms with Crippen molar-refractivity contribution >= 4 is 34.4 Å². The number of phenolic OH excluding ortho intramolecular Hbond substituents is 1. The molecule has 0 atom stereocenters. The van der Waals surface area contributed by atoms with E-state index in [-0.39, 0.29) is 11.7 Å². The number of thioether (sulfide) groups is 1.